The Hall–Kier alpha value is -3.38. The Bertz CT molecular complexity index is 1400. The van der Waals surface area contributed by atoms with Crippen LogP contribution in [0.1, 0.15) is 27.0 Å². The molecule has 1 heterocycles. The lowest BCUT2D eigenvalue weighted by atomic mass is 10.0. The zero-order chi connectivity index (χ0) is 21.5. The first-order valence-corrected chi connectivity index (χ1v) is 10.8. The SMILES string of the molecule is Cc1ccc(S(=O)(=O)c2c(C(=O)c3ccccc3)cnc3ccc(F)cc23)cc1C. The van der Waals surface area contributed by atoms with E-state index < -0.39 is 21.4 Å². The summed E-state index contributed by atoms with van der Waals surface area (Å²) in [5, 5.41) is 0.0787. The van der Waals surface area contributed by atoms with Crippen molar-refractivity contribution < 1.29 is 17.6 Å². The summed E-state index contributed by atoms with van der Waals surface area (Å²) < 4.78 is 41.4. The first-order valence-electron chi connectivity index (χ1n) is 9.29. The number of fused-ring (bicyclic) bond motifs is 1. The van der Waals surface area contributed by atoms with E-state index in [0.29, 0.717) is 11.1 Å². The van der Waals surface area contributed by atoms with Crippen LogP contribution in [0.2, 0.25) is 0 Å². The predicted molar refractivity (Wildman–Crippen MR) is 113 cm³/mol. The van der Waals surface area contributed by atoms with Gasteiger partial charge in [0.05, 0.1) is 20.9 Å². The summed E-state index contributed by atoms with van der Waals surface area (Å²) in [6.07, 6.45) is 1.25. The van der Waals surface area contributed by atoms with Gasteiger partial charge in [-0.3, -0.25) is 9.78 Å². The molecule has 0 atom stereocenters. The largest absolute Gasteiger partial charge is 0.289 e. The molecule has 150 valence electrons. The maximum atomic E-state index is 14.1. The van der Waals surface area contributed by atoms with E-state index in [2.05, 4.69) is 4.98 Å². The molecule has 0 unspecified atom stereocenters. The molecule has 0 saturated carbocycles. The van der Waals surface area contributed by atoms with Gasteiger partial charge in [-0.25, -0.2) is 12.8 Å². The Morgan fingerprint density at radius 2 is 1.63 bits per heavy atom. The number of hydrogen-bond acceptors (Lipinski definition) is 4. The predicted octanol–water partition coefficient (Wildman–Crippen LogP) is 5.05. The lowest BCUT2D eigenvalue weighted by Gasteiger charge is -2.14. The van der Waals surface area contributed by atoms with Crippen LogP contribution in [0.25, 0.3) is 10.9 Å². The average Bonchev–Trinajstić information content (AvgIpc) is 2.74. The standard InChI is InChI=1S/C24H18FNO3S/c1-15-8-10-19(12-16(15)2)30(28,29)24-20-13-18(25)9-11-22(20)26-14-21(24)23(27)17-6-4-3-5-7-17/h3-14H,1-2H3. The summed E-state index contributed by atoms with van der Waals surface area (Å²) in [4.78, 5) is 17.2. The number of aromatic nitrogens is 1. The summed E-state index contributed by atoms with van der Waals surface area (Å²) in [6.45, 7) is 3.70. The van der Waals surface area contributed by atoms with Crippen molar-refractivity contribution in [1.82, 2.24) is 4.98 Å². The smallest absolute Gasteiger partial charge is 0.208 e. The van der Waals surface area contributed by atoms with Crippen LogP contribution in [0.15, 0.2) is 82.7 Å². The third-order valence-corrected chi connectivity index (χ3v) is 6.97. The molecular weight excluding hydrogens is 401 g/mol. The van der Waals surface area contributed by atoms with Gasteiger partial charge in [0.1, 0.15) is 5.82 Å². The fraction of sp³-hybridized carbons (Fsp3) is 0.0833. The van der Waals surface area contributed by atoms with Gasteiger partial charge in [-0.05, 0) is 55.3 Å². The molecule has 0 radical (unpaired) electrons. The Morgan fingerprint density at radius 1 is 0.900 bits per heavy atom. The Morgan fingerprint density at radius 3 is 2.33 bits per heavy atom. The van der Waals surface area contributed by atoms with Gasteiger partial charge < -0.3 is 0 Å². The van der Waals surface area contributed by atoms with Crippen molar-refractivity contribution in [3.63, 3.8) is 0 Å². The highest BCUT2D eigenvalue weighted by Crippen LogP contribution is 2.33. The second-order valence-electron chi connectivity index (χ2n) is 7.11. The average molecular weight is 419 g/mol. The van der Waals surface area contributed by atoms with Gasteiger partial charge in [-0.15, -0.1) is 0 Å². The molecule has 4 rings (SSSR count). The van der Waals surface area contributed by atoms with Gasteiger partial charge >= 0.3 is 0 Å². The van der Waals surface area contributed by atoms with Crippen LogP contribution in [-0.4, -0.2) is 19.2 Å². The van der Waals surface area contributed by atoms with Crippen molar-refractivity contribution in [2.24, 2.45) is 0 Å². The van der Waals surface area contributed by atoms with Crippen molar-refractivity contribution in [2.75, 3.05) is 0 Å². The lowest BCUT2D eigenvalue weighted by molar-refractivity contribution is 0.103. The minimum Gasteiger partial charge on any atom is -0.289 e. The number of hydrogen-bond donors (Lipinski definition) is 0. The molecular formula is C24H18FNO3S. The van der Waals surface area contributed by atoms with E-state index in [9.17, 15) is 17.6 Å². The number of aryl methyl sites for hydroxylation is 2. The van der Waals surface area contributed by atoms with E-state index in [4.69, 9.17) is 0 Å². The molecule has 0 amide bonds. The van der Waals surface area contributed by atoms with Crippen molar-refractivity contribution in [3.05, 3.63) is 101 Å². The molecule has 0 bridgehead atoms. The van der Waals surface area contributed by atoms with Gasteiger partial charge in [-0.2, -0.15) is 0 Å². The summed E-state index contributed by atoms with van der Waals surface area (Å²) in [7, 11) is -4.13. The second kappa shape index (κ2) is 7.46. The van der Waals surface area contributed by atoms with Crippen LogP contribution in [-0.2, 0) is 9.84 Å². The lowest BCUT2D eigenvalue weighted by Crippen LogP contribution is -2.13. The molecule has 0 aliphatic carbocycles. The van der Waals surface area contributed by atoms with Crippen molar-refractivity contribution in [3.8, 4) is 0 Å². The zero-order valence-electron chi connectivity index (χ0n) is 16.4. The number of sulfone groups is 1. The van der Waals surface area contributed by atoms with Crippen molar-refractivity contribution >= 4 is 26.5 Å². The summed E-state index contributed by atoms with van der Waals surface area (Å²) in [5.41, 5.74) is 2.28. The molecule has 0 aliphatic rings. The molecule has 0 fully saturated rings. The first kappa shape index (κ1) is 19.9. The molecule has 0 aliphatic heterocycles. The van der Waals surface area contributed by atoms with E-state index in [1.807, 2.05) is 13.8 Å². The Labute approximate surface area is 173 Å². The van der Waals surface area contributed by atoms with E-state index in [-0.39, 0.29) is 20.7 Å². The Kier molecular flexibility index (Phi) is 4.95. The molecule has 1 aromatic heterocycles. The third kappa shape index (κ3) is 3.39. The normalized spacial score (nSPS) is 11.6. The number of pyridine rings is 1. The van der Waals surface area contributed by atoms with Crippen molar-refractivity contribution in [2.45, 2.75) is 23.6 Å². The molecule has 0 N–H and O–H groups in total. The fourth-order valence-corrected chi connectivity index (χ4v) is 5.04. The minimum absolute atomic E-state index is 0.0458. The molecule has 3 aromatic carbocycles. The van der Waals surface area contributed by atoms with Gasteiger partial charge in [0.15, 0.2) is 5.78 Å². The summed E-state index contributed by atoms with van der Waals surface area (Å²) in [6, 6.07) is 16.8. The fourth-order valence-electron chi connectivity index (χ4n) is 3.34. The van der Waals surface area contributed by atoms with Crippen LogP contribution in [0.5, 0.6) is 0 Å². The van der Waals surface area contributed by atoms with Gasteiger partial charge in [-0.1, -0.05) is 36.4 Å². The van der Waals surface area contributed by atoms with Crippen molar-refractivity contribution in [1.29, 1.82) is 0 Å². The molecule has 4 aromatic rings. The third-order valence-electron chi connectivity index (χ3n) is 5.12. The van der Waals surface area contributed by atoms with Crippen LogP contribution < -0.4 is 0 Å². The van der Waals surface area contributed by atoms with Crippen LogP contribution in [0.3, 0.4) is 0 Å². The highest BCUT2D eigenvalue weighted by atomic mass is 32.2. The van der Waals surface area contributed by atoms with E-state index >= 15 is 0 Å². The number of ketones is 1. The maximum absolute atomic E-state index is 14.1. The second-order valence-corrected chi connectivity index (χ2v) is 8.99. The number of benzene rings is 3. The maximum Gasteiger partial charge on any atom is 0.208 e. The van der Waals surface area contributed by atoms with Crippen LogP contribution in [0.4, 0.5) is 4.39 Å². The molecule has 30 heavy (non-hydrogen) atoms. The Balaban J connectivity index is 2.06. The number of nitrogens with zero attached hydrogens (tertiary/aromatic N) is 1. The molecule has 0 saturated heterocycles. The quantitative estimate of drug-likeness (QED) is 0.434. The number of carbonyl (C=O) groups is 1. The zero-order valence-corrected chi connectivity index (χ0v) is 17.2. The summed E-state index contributed by atoms with van der Waals surface area (Å²) in [5.74, 6) is -1.10. The van der Waals surface area contributed by atoms with E-state index in [1.165, 1.54) is 24.4 Å². The van der Waals surface area contributed by atoms with Gasteiger partial charge in [0.2, 0.25) is 9.84 Å². The van der Waals surface area contributed by atoms with E-state index in [0.717, 1.165) is 17.2 Å². The molecule has 0 spiro atoms. The number of halogens is 1. The highest BCUT2D eigenvalue weighted by Gasteiger charge is 2.29. The van der Waals surface area contributed by atoms with Crippen LogP contribution in [0, 0.1) is 19.7 Å². The number of rotatable bonds is 4. The van der Waals surface area contributed by atoms with E-state index in [1.54, 1.807) is 42.5 Å². The molecule has 6 heteroatoms. The first-order chi connectivity index (χ1) is 14.3. The number of carbonyl (C=O) groups excluding carboxylic acids is 1. The monoisotopic (exact) mass is 419 g/mol. The summed E-state index contributed by atoms with van der Waals surface area (Å²) >= 11 is 0. The topological polar surface area (TPSA) is 64.1 Å². The van der Waals surface area contributed by atoms with Gasteiger partial charge in [0, 0.05) is 17.1 Å². The highest BCUT2D eigenvalue weighted by molar-refractivity contribution is 7.91. The minimum atomic E-state index is -4.13. The van der Waals surface area contributed by atoms with Crippen LogP contribution >= 0.6 is 0 Å². The molecule has 4 nitrogen and oxygen atoms in total. The van der Waals surface area contributed by atoms with Gasteiger partial charge in [0.25, 0.3) is 0 Å².